The summed E-state index contributed by atoms with van der Waals surface area (Å²) in [6.07, 6.45) is 1.85. The Morgan fingerprint density at radius 1 is 1.14 bits per heavy atom. The van der Waals surface area contributed by atoms with E-state index < -0.39 is 0 Å². The second kappa shape index (κ2) is 5.74. The Kier molecular flexibility index (Phi) is 3.96. The van der Waals surface area contributed by atoms with Gasteiger partial charge in [-0.15, -0.1) is 11.3 Å². The minimum Gasteiger partial charge on any atom is -0.306 e. The van der Waals surface area contributed by atoms with Crippen molar-refractivity contribution in [3.63, 3.8) is 0 Å². The molecule has 1 saturated heterocycles. The number of ketones is 1. The molecule has 3 heteroatoms. The van der Waals surface area contributed by atoms with Crippen molar-refractivity contribution in [3.8, 4) is 10.4 Å². The van der Waals surface area contributed by atoms with E-state index >= 15 is 0 Å². The van der Waals surface area contributed by atoms with Crippen molar-refractivity contribution >= 4 is 17.1 Å². The molecule has 1 aliphatic rings. The predicted molar refractivity (Wildman–Crippen MR) is 88.8 cm³/mol. The van der Waals surface area contributed by atoms with Gasteiger partial charge in [0.15, 0.2) is 0 Å². The summed E-state index contributed by atoms with van der Waals surface area (Å²) in [6.45, 7) is 3.74. The van der Waals surface area contributed by atoms with Gasteiger partial charge in [0, 0.05) is 4.88 Å². The van der Waals surface area contributed by atoms with E-state index in [-0.39, 0.29) is 5.41 Å². The summed E-state index contributed by atoms with van der Waals surface area (Å²) in [5.41, 5.74) is 2.17. The van der Waals surface area contributed by atoms with E-state index in [1.807, 2.05) is 6.07 Å². The van der Waals surface area contributed by atoms with E-state index in [4.69, 9.17) is 0 Å². The smallest absolute Gasteiger partial charge is 0.140 e. The molecule has 1 aliphatic heterocycles. The highest BCUT2D eigenvalue weighted by Gasteiger charge is 2.41. The lowest BCUT2D eigenvalue weighted by atomic mass is 9.70. The number of rotatable bonds is 3. The fraction of sp³-hybridized carbons (Fsp3) is 0.389. The third kappa shape index (κ3) is 2.56. The summed E-state index contributed by atoms with van der Waals surface area (Å²) < 4.78 is 0. The van der Waals surface area contributed by atoms with Gasteiger partial charge in [-0.05, 0) is 62.5 Å². The minimum absolute atomic E-state index is 0.294. The van der Waals surface area contributed by atoms with Gasteiger partial charge < -0.3 is 4.90 Å². The molecule has 0 aliphatic carbocycles. The van der Waals surface area contributed by atoms with Crippen LogP contribution in [-0.2, 0) is 10.2 Å². The van der Waals surface area contributed by atoms with Crippen LogP contribution in [0.3, 0.4) is 0 Å². The molecule has 3 rings (SSSR count). The van der Waals surface area contributed by atoms with Gasteiger partial charge in [0.2, 0.25) is 0 Å². The number of piperidine rings is 1. The van der Waals surface area contributed by atoms with Gasteiger partial charge in [0.1, 0.15) is 5.78 Å². The molecule has 0 radical (unpaired) electrons. The van der Waals surface area contributed by atoms with E-state index in [0.29, 0.717) is 5.78 Å². The van der Waals surface area contributed by atoms with Crippen LogP contribution in [0, 0.1) is 0 Å². The van der Waals surface area contributed by atoms with Crippen LogP contribution in [0.15, 0.2) is 41.8 Å². The van der Waals surface area contributed by atoms with Crippen molar-refractivity contribution in [2.45, 2.75) is 25.2 Å². The van der Waals surface area contributed by atoms with Crippen molar-refractivity contribution in [2.75, 3.05) is 20.1 Å². The van der Waals surface area contributed by atoms with E-state index in [1.54, 1.807) is 18.3 Å². The average Bonchev–Trinajstić information content (AvgIpc) is 2.99. The monoisotopic (exact) mass is 299 g/mol. The highest BCUT2D eigenvalue weighted by Crippen LogP contribution is 2.43. The maximum absolute atomic E-state index is 12.5. The van der Waals surface area contributed by atoms with Crippen LogP contribution in [-0.4, -0.2) is 30.8 Å². The van der Waals surface area contributed by atoms with Crippen LogP contribution in [0.2, 0.25) is 0 Å². The summed E-state index contributed by atoms with van der Waals surface area (Å²) in [7, 11) is 2.13. The first-order valence-corrected chi connectivity index (χ1v) is 8.34. The molecule has 2 aromatic rings. The van der Waals surface area contributed by atoms with Gasteiger partial charge in [-0.3, -0.25) is 4.79 Å². The number of hydrogen-bond acceptors (Lipinski definition) is 3. The van der Waals surface area contributed by atoms with Crippen molar-refractivity contribution < 1.29 is 4.79 Å². The Balaban J connectivity index is 2.06. The zero-order valence-corrected chi connectivity index (χ0v) is 13.5. The van der Waals surface area contributed by atoms with Crippen LogP contribution in [0.4, 0.5) is 0 Å². The van der Waals surface area contributed by atoms with Gasteiger partial charge in [0.05, 0.1) is 5.41 Å². The fourth-order valence-corrected chi connectivity index (χ4v) is 4.31. The van der Waals surface area contributed by atoms with Crippen LogP contribution < -0.4 is 0 Å². The Morgan fingerprint density at radius 3 is 2.43 bits per heavy atom. The summed E-state index contributed by atoms with van der Waals surface area (Å²) in [4.78, 5) is 16.1. The van der Waals surface area contributed by atoms with Gasteiger partial charge in [-0.25, -0.2) is 0 Å². The molecule has 0 unspecified atom stereocenters. The molecule has 2 heterocycles. The molecule has 1 fully saturated rings. The van der Waals surface area contributed by atoms with Crippen molar-refractivity contribution in [1.29, 1.82) is 0 Å². The van der Waals surface area contributed by atoms with Crippen molar-refractivity contribution in [3.05, 3.63) is 47.3 Å². The summed E-state index contributed by atoms with van der Waals surface area (Å²) in [5.74, 6) is 0.311. The molecule has 0 bridgehead atoms. The molecule has 0 N–H and O–H groups in total. The molecular formula is C18H21NOS. The maximum Gasteiger partial charge on any atom is 0.140 e. The molecule has 0 spiro atoms. The number of hydrogen-bond donors (Lipinski definition) is 0. The third-order valence-electron chi connectivity index (χ3n) is 4.73. The quantitative estimate of drug-likeness (QED) is 0.855. The number of nitrogens with zero attached hydrogens (tertiary/aromatic N) is 1. The average molecular weight is 299 g/mol. The van der Waals surface area contributed by atoms with Crippen molar-refractivity contribution in [2.24, 2.45) is 0 Å². The Morgan fingerprint density at radius 2 is 1.81 bits per heavy atom. The first kappa shape index (κ1) is 14.5. The Labute approximate surface area is 130 Å². The summed E-state index contributed by atoms with van der Waals surface area (Å²) in [5, 5.41) is 2.13. The van der Waals surface area contributed by atoms with E-state index in [2.05, 4.69) is 47.7 Å². The summed E-state index contributed by atoms with van der Waals surface area (Å²) >= 11 is 1.75. The second-order valence-electron chi connectivity index (χ2n) is 5.97. The number of Topliss-reactive ketones (excluding diaryl/α,β-unsaturated/α-hetero) is 1. The molecule has 2 nitrogen and oxygen atoms in total. The molecular weight excluding hydrogens is 278 g/mol. The topological polar surface area (TPSA) is 20.3 Å². The molecule has 1 aromatic heterocycles. The lowest BCUT2D eigenvalue weighted by Gasteiger charge is -2.39. The van der Waals surface area contributed by atoms with Crippen LogP contribution >= 0.6 is 11.3 Å². The first-order valence-electron chi connectivity index (χ1n) is 7.46. The van der Waals surface area contributed by atoms with Crippen LogP contribution in [0.1, 0.15) is 25.3 Å². The molecule has 1 aromatic carbocycles. The zero-order valence-electron chi connectivity index (χ0n) is 12.6. The van der Waals surface area contributed by atoms with E-state index in [1.165, 1.54) is 16.0 Å². The van der Waals surface area contributed by atoms with E-state index in [9.17, 15) is 4.79 Å². The maximum atomic E-state index is 12.5. The predicted octanol–water partition coefficient (Wildman–Crippen LogP) is 3.97. The first-order chi connectivity index (χ1) is 10.1. The van der Waals surface area contributed by atoms with E-state index in [0.717, 1.165) is 25.9 Å². The standard InChI is InChI=1S/C18H21NOS/c1-14(20)18(9-11-19(2)12-10-18)16-8-13-21-17(16)15-6-4-3-5-7-15/h3-8,13H,9-12H2,1-2H3. The number of likely N-dealkylation sites (tertiary alicyclic amines) is 1. The normalized spacial score (nSPS) is 18.6. The highest BCUT2D eigenvalue weighted by atomic mass is 32.1. The number of carbonyl (C=O) groups is 1. The lowest BCUT2D eigenvalue weighted by Crippen LogP contribution is -2.45. The van der Waals surface area contributed by atoms with Gasteiger partial charge in [0.25, 0.3) is 0 Å². The second-order valence-corrected chi connectivity index (χ2v) is 6.89. The zero-order chi connectivity index (χ0) is 14.9. The van der Waals surface area contributed by atoms with Gasteiger partial charge in [-0.2, -0.15) is 0 Å². The SMILES string of the molecule is CC(=O)C1(c2ccsc2-c2ccccc2)CCN(C)CC1. The Bertz CT molecular complexity index is 624. The van der Waals surface area contributed by atoms with Crippen LogP contribution in [0.5, 0.6) is 0 Å². The lowest BCUT2D eigenvalue weighted by molar-refractivity contribution is -0.124. The molecule has 0 amide bonds. The highest BCUT2D eigenvalue weighted by molar-refractivity contribution is 7.13. The largest absolute Gasteiger partial charge is 0.306 e. The number of carbonyl (C=O) groups excluding carboxylic acids is 1. The third-order valence-corrected chi connectivity index (χ3v) is 5.69. The fourth-order valence-electron chi connectivity index (χ4n) is 3.31. The number of benzene rings is 1. The molecule has 0 atom stereocenters. The van der Waals surface area contributed by atoms with Gasteiger partial charge >= 0.3 is 0 Å². The summed E-state index contributed by atoms with van der Waals surface area (Å²) in [6, 6.07) is 12.6. The van der Waals surface area contributed by atoms with Crippen molar-refractivity contribution in [1.82, 2.24) is 4.90 Å². The molecule has 110 valence electrons. The van der Waals surface area contributed by atoms with Gasteiger partial charge in [-0.1, -0.05) is 30.3 Å². The Hall–Kier alpha value is -1.45. The molecule has 21 heavy (non-hydrogen) atoms. The minimum atomic E-state index is -0.294. The number of thiophene rings is 1. The van der Waals surface area contributed by atoms with Crippen LogP contribution in [0.25, 0.3) is 10.4 Å². The molecule has 0 saturated carbocycles.